The molecule has 0 saturated heterocycles. The Morgan fingerprint density at radius 3 is 2.89 bits per heavy atom. The van der Waals surface area contributed by atoms with Crippen molar-refractivity contribution in [1.29, 1.82) is 0 Å². The Hall–Kier alpha value is -2.27. The SMILES string of the molecule is CC1=C2/C=C/c3nn(PI)c4ccc(cc34)-c3cnn(C)c3OCCCOC2NN1C1CC(=O)C1. The number of hydrazine groups is 1. The quantitative estimate of drug-likeness (QED) is 0.347. The number of halogens is 1. The molecule has 2 aromatic heterocycles. The van der Waals surface area contributed by atoms with Crippen LogP contribution in [0.25, 0.3) is 28.1 Å². The van der Waals surface area contributed by atoms with Crippen molar-refractivity contribution < 1.29 is 14.3 Å². The Morgan fingerprint density at radius 1 is 1.23 bits per heavy atom. The number of ether oxygens (including phenoxy) is 2. The van der Waals surface area contributed by atoms with Gasteiger partial charge < -0.3 is 14.5 Å². The molecule has 9 nitrogen and oxygen atoms in total. The second kappa shape index (κ2) is 9.31. The van der Waals surface area contributed by atoms with Crippen LogP contribution in [0.5, 0.6) is 5.88 Å². The minimum atomic E-state index is -0.283. The van der Waals surface area contributed by atoms with E-state index in [1.807, 2.05) is 17.7 Å². The first kappa shape index (κ1) is 23.1. The molecule has 1 aliphatic carbocycles. The van der Waals surface area contributed by atoms with Crippen molar-refractivity contribution in [2.45, 2.75) is 38.5 Å². The fourth-order valence-corrected chi connectivity index (χ4v) is 6.41. The first-order valence-electron chi connectivity index (χ1n) is 11.7. The second-order valence-electron chi connectivity index (χ2n) is 9.03. The van der Waals surface area contributed by atoms with E-state index in [4.69, 9.17) is 14.6 Å². The zero-order chi connectivity index (χ0) is 24.1. The van der Waals surface area contributed by atoms with Gasteiger partial charge in [-0.2, -0.15) is 10.2 Å². The molecular weight excluding hydrogens is 578 g/mol. The molecule has 1 N–H and O–H groups in total. The van der Waals surface area contributed by atoms with Crippen LogP contribution in [0.2, 0.25) is 0 Å². The van der Waals surface area contributed by atoms with E-state index in [1.54, 1.807) is 4.68 Å². The minimum Gasteiger partial charge on any atom is -0.477 e. The van der Waals surface area contributed by atoms with Crippen LogP contribution >= 0.6 is 28.4 Å². The molecule has 2 atom stereocenters. The molecule has 1 saturated carbocycles. The molecule has 1 fully saturated rings. The number of aryl methyl sites for hydroxylation is 1. The number of nitrogens with one attached hydrogen (secondary N) is 1. The van der Waals surface area contributed by atoms with E-state index in [2.05, 4.69) is 74.8 Å². The van der Waals surface area contributed by atoms with Gasteiger partial charge >= 0.3 is 0 Å². The molecule has 11 heteroatoms. The number of fused-ring (bicyclic) bond motifs is 4. The van der Waals surface area contributed by atoms with Crippen LogP contribution in [-0.2, 0) is 16.6 Å². The van der Waals surface area contributed by atoms with Crippen LogP contribution in [0, 0.1) is 0 Å². The fourth-order valence-electron chi connectivity index (χ4n) is 4.87. The largest absolute Gasteiger partial charge is 0.477 e. The van der Waals surface area contributed by atoms with Gasteiger partial charge in [0.15, 0.2) is 6.23 Å². The molecule has 0 radical (unpaired) electrons. The minimum absolute atomic E-state index is 0.180. The van der Waals surface area contributed by atoms with E-state index in [-0.39, 0.29) is 12.3 Å². The van der Waals surface area contributed by atoms with Gasteiger partial charge in [0.1, 0.15) is 5.78 Å². The summed E-state index contributed by atoms with van der Waals surface area (Å²) in [5.41, 5.74) is 9.64. The summed E-state index contributed by atoms with van der Waals surface area (Å²) in [6.07, 6.45) is 8.13. The van der Waals surface area contributed by atoms with E-state index < -0.39 is 0 Å². The summed E-state index contributed by atoms with van der Waals surface area (Å²) in [5.74, 6) is 1.05. The summed E-state index contributed by atoms with van der Waals surface area (Å²) < 4.78 is 16.2. The van der Waals surface area contributed by atoms with Crippen LogP contribution in [0.3, 0.4) is 0 Å². The Labute approximate surface area is 217 Å². The van der Waals surface area contributed by atoms with Gasteiger partial charge in [0.25, 0.3) is 0 Å². The molecule has 2 unspecified atom stereocenters. The maximum Gasteiger partial charge on any atom is 0.219 e. The van der Waals surface area contributed by atoms with Gasteiger partial charge in [0, 0.05) is 43.0 Å². The molecule has 0 amide bonds. The second-order valence-corrected chi connectivity index (χ2v) is 11.1. The van der Waals surface area contributed by atoms with Gasteiger partial charge in [-0.3, -0.25) is 4.79 Å². The molecule has 6 rings (SSSR count). The maximum atomic E-state index is 11.6. The predicted molar refractivity (Wildman–Crippen MR) is 144 cm³/mol. The van der Waals surface area contributed by atoms with Crippen molar-refractivity contribution in [1.82, 2.24) is 29.8 Å². The number of ketones is 1. The molecule has 182 valence electrons. The van der Waals surface area contributed by atoms with Crippen LogP contribution in [0.1, 0.15) is 31.9 Å². The Balaban J connectivity index is 1.45. The zero-order valence-electron chi connectivity index (χ0n) is 19.5. The molecule has 3 aliphatic rings. The maximum absolute atomic E-state index is 11.6. The van der Waals surface area contributed by atoms with Crippen molar-refractivity contribution >= 4 is 51.2 Å². The number of rotatable bonds is 2. The van der Waals surface area contributed by atoms with Crippen LogP contribution in [0.15, 0.2) is 41.7 Å². The predicted octanol–water partition coefficient (Wildman–Crippen LogP) is 4.19. The van der Waals surface area contributed by atoms with E-state index in [0.717, 1.165) is 51.3 Å². The summed E-state index contributed by atoms with van der Waals surface area (Å²) in [6.45, 7) is 3.14. The molecule has 4 heterocycles. The number of carbonyl (C=O) groups is 1. The Morgan fingerprint density at radius 2 is 2.09 bits per heavy atom. The summed E-state index contributed by atoms with van der Waals surface area (Å²) in [7, 11) is 1.90. The van der Waals surface area contributed by atoms with E-state index >= 15 is 0 Å². The van der Waals surface area contributed by atoms with Gasteiger partial charge in [-0.05, 0) is 52.7 Å². The van der Waals surface area contributed by atoms with Gasteiger partial charge in [-0.25, -0.2) is 14.6 Å². The smallest absolute Gasteiger partial charge is 0.219 e. The van der Waals surface area contributed by atoms with Crippen molar-refractivity contribution in [3.05, 3.63) is 47.4 Å². The standard InChI is InChI=1S/C24H26IN6O3P/c1-14-18-5-6-21-19-10-15(4-7-22(19)31(27-21)35-25)20-13-26-29(2)24(20)34-9-3-8-33-23(18)28-30(14)16-11-17(32)12-16/h4-7,10,13,16,23,28,35H,3,8-9,11-12H2,1-2H3/b6-5+. The molecule has 2 bridgehead atoms. The van der Waals surface area contributed by atoms with E-state index in [9.17, 15) is 4.79 Å². The average Bonchev–Trinajstić information content (AvgIpc) is 3.48. The molecular formula is C24H26IN6O3P. The average molecular weight is 604 g/mol. The van der Waals surface area contributed by atoms with E-state index in [0.29, 0.717) is 38.2 Å². The summed E-state index contributed by atoms with van der Waals surface area (Å²) in [4.78, 5) is 11.6. The topological polar surface area (TPSA) is 86.4 Å². The summed E-state index contributed by atoms with van der Waals surface area (Å²) in [6, 6.07) is 6.59. The number of allylic oxidation sites excluding steroid dienone is 1. The van der Waals surface area contributed by atoms with Crippen molar-refractivity contribution in [3.63, 3.8) is 0 Å². The lowest BCUT2D eigenvalue weighted by molar-refractivity contribution is -0.129. The first-order valence-corrected chi connectivity index (χ1v) is 15.7. The number of carbonyl (C=O) groups excluding carboxylic acids is 1. The Kier molecular flexibility index (Phi) is 6.16. The summed E-state index contributed by atoms with van der Waals surface area (Å²) >= 11 is 2.36. The molecule has 35 heavy (non-hydrogen) atoms. The lowest BCUT2D eigenvalue weighted by Gasteiger charge is -2.36. The number of hydrogen-bond donors (Lipinski definition) is 1. The Bertz CT molecular complexity index is 1370. The van der Waals surface area contributed by atoms with Gasteiger partial charge in [-0.15, -0.1) is 0 Å². The highest BCUT2D eigenvalue weighted by Crippen LogP contribution is 2.37. The number of aromatic nitrogens is 4. The van der Waals surface area contributed by atoms with Gasteiger partial charge in [-0.1, -0.05) is 12.1 Å². The lowest BCUT2D eigenvalue weighted by Crippen LogP contribution is -2.50. The summed E-state index contributed by atoms with van der Waals surface area (Å²) in [5, 5.41) is 12.5. The highest BCUT2D eigenvalue weighted by molar-refractivity contribution is 14.2. The van der Waals surface area contributed by atoms with Crippen LogP contribution < -0.4 is 10.2 Å². The number of nitrogens with zero attached hydrogens (tertiary/aromatic N) is 5. The van der Waals surface area contributed by atoms with Gasteiger partial charge in [0.05, 0.1) is 48.6 Å². The zero-order valence-corrected chi connectivity index (χ0v) is 22.7. The normalized spacial score (nSPS) is 22.3. The highest BCUT2D eigenvalue weighted by Gasteiger charge is 2.38. The number of benzene rings is 1. The first-order chi connectivity index (χ1) is 17.0. The van der Waals surface area contributed by atoms with Gasteiger partial charge in [0.2, 0.25) is 5.88 Å². The highest BCUT2D eigenvalue weighted by atomic mass is 127. The molecule has 0 spiro atoms. The van der Waals surface area contributed by atoms with Crippen molar-refractivity contribution in [2.75, 3.05) is 13.2 Å². The van der Waals surface area contributed by atoms with Crippen molar-refractivity contribution in [2.24, 2.45) is 7.05 Å². The fraction of sp³-hybridized carbons (Fsp3) is 0.375. The molecule has 2 aliphatic heterocycles. The third-order valence-corrected chi connectivity index (χ3v) is 8.70. The molecule has 1 aromatic carbocycles. The third kappa shape index (κ3) is 4.10. The third-order valence-electron chi connectivity index (χ3n) is 6.83. The van der Waals surface area contributed by atoms with Crippen LogP contribution in [0.4, 0.5) is 0 Å². The van der Waals surface area contributed by atoms with E-state index in [1.165, 1.54) is 0 Å². The monoisotopic (exact) mass is 604 g/mol. The van der Waals surface area contributed by atoms with Crippen LogP contribution in [-0.4, -0.2) is 55.6 Å². The van der Waals surface area contributed by atoms with Crippen molar-refractivity contribution in [3.8, 4) is 17.0 Å². The molecule has 3 aromatic rings. The lowest BCUT2D eigenvalue weighted by atomic mass is 9.90. The number of hydrogen-bond acceptors (Lipinski definition) is 7. The number of Topliss-reactive ketones (excluding diaryl/α,β-unsaturated/α-hetero) is 1.